The summed E-state index contributed by atoms with van der Waals surface area (Å²) in [6.45, 7) is -0.267. The Hall–Kier alpha value is -2.13. The van der Waals surface area contributed by atoms with Gasteiger partial charge in [-0.15, -0.1) is 5.10 Å². The number of nitrogens with one attached hydrogen (secondary N) is 1. The molecule has 2 rings (SSSR count). The number of aromatic nitrogens is 3. The molecule has 0 saturated heterocycles. The zero-order chi connectivity index (χ0) is 17.2. The van der Waals surface area contributed by atoms with Crippen LogP contribution in [0.5, 0.6) is 0 Å². The van der Waals surface area contributed by atoms with Gasteiger partial charge in [0.2, 0.25) is 0 Å². The third-order valence-electron chi connectivity index (χ3n) is 3.06. The van der Waals surface area contributed by atoms with Crippen LogP contribution in [0.4, 0.5) is 13.2 Å². The van der Waals surface area contributed by atoms with Crippen LogP contribution in [0, 0.1) is 12.7 Å². The average molecular weight is 348 g/mol. The number of alkyl halides is 2. The number of halogens is 4. The van der Waals surface area contributed by atoms with E-state index in [1.165, 1.54) is 23.7 Å². The molecular formula is C13H13ClF3N5O. The quantitative estimate of drug-likeness (QED) is 0.862. The minimum atomic E-state index is -3.20. The van der Waals surface area contributed by atoms with Crippen LogP contribution >= 0.6 is 11.6 Å². The number of amides is 1. The number of carbonyl (C=O) groups is 1. The van der Waals surface area contributed by atoms with Gasteiger partial charge < -0.3 is 11.1 Å². The second-order valence-corrected chi connectivity index (χ2v) is 5.18. The highest BCUT2D eigenvalue weighted by Gasteiger charge is 2.28. The average Bonchev–Trinajstić information content (AvgIpc) is 2.89. The van der Waals surface area contributed by atoms with Gasteiger partial charge in [0.25, 0.3) is 11.8 Å². The van der Waals surface area contributed by atoms with Crippen LogP contribution in [0.15, 0.2) is 18.2 Å². The molecule has 3 N–H and O–H groups in total. The molecule has 1 aromatic heterocycles. The van der Waals surface area contributed by atoms with E-state index >= 15 is 0 Å². The molecule has 0 radical (unpaired) electrons. The smallest absolute Gasteiger partial charge is 0.277 e. The third-order valence-corrected chi connectivity index (χ3v) is 3.35. The molecule has 2 aromatic rings. The summed E-state index contributed by atoms with van der Waals surface area (Å²) in [6, 6.07) is 3.84. The second-order valence-electron chi connectivity index (χ2n) is 4.78. The molecule has 0 bridgehead atoms. The van der Waals surface area contributed by atoms with E-state index in [1.807, 2.05) is 5.32 Å². The third kappa shape index (κ3) is 3.80. The molecule has 0 unspecified atom stereocenters. The minimum Gasteiger partial charge on any atom is -0.344 e. The molecule has 124 valence electrons. The van der Waals surface area contributed by atoms with E-state index in [1.54, 1.807) is 0 Å². The van der Waals surface area contributed by atoms with Crippen LogP contribution in [0.2, 0.25) is 5.02 Å². The van der Waals surface area contributed by atoms with Crippen LogP contribution in [0.25, 0.3) is 5.69 Å². The molecule has 10 heteroatoms. The van der Waals surface area contributed by atoms with Crippen LogP contribution in [-0.2, 0) is 0 Å². The summed E-state index contributed by atoms with van der Waals surface area (Å²) in [7, 11) is 0. The zero-order valence-electron chi connectivity index (χ0n) is 12.0. The molecule has 0 saturated carbocycles. The first-order valence-electron chi connectivity index (χ1n) is 6.49. The van der Waals surface area contributed by atoms with Crippen molar-refractivity contribution in [3.63, 3.8) is 0 Å². The summed E-state index contributed by atoms with van der Waals surface area (Å²) >= 11 is 5.69. The van der Waals surface area contributed by atoms with Crippen molar-refractivity contribution in [2.24, 2.45) is 5.73 Å². The lowest BCUT2D eigenvalue weighted by molar-refractivity contribution is 0.0118. The highest BCUT2D eigenvalue weighted by atomic mass is 35.5. The van der Waals surface area contributed by atoms with Gasteiger partial charge in [0.05, 0.1) is 29.5 Å². The number of rotatable bonds is 5. The van der Waals surface area contributed by atoms with E-state index in [9.17, 15) is 18.0 Å². The Morgan fingerprint density at radius 3 is 2.78 bits per heavy atom. The first kappa shape index (κ1) is 17.2. The summed E-state index contributed by atoms with van der Waals surface area (Å²) in [5, 5.41) is 9.34. The Morgan fingerprint density at radius 1 is 1.48 bits per heavy atom. The molecule has 0 aliphatic carbocycles. The first-order chi connectivity index (χ1) is 10.7. The molecule has 1 aromatic carbocycles. The van der Waals surface area contributed by atoms with Gasteiger partial charge in [0, 0.05) is 0 Å². The topological polar surface area (TPSA) is 85.8 Å². The Morgan fingerprint density at radius 2 is 2.17 bits per heavy atom. The fraction of sp³-hybridized carbons (Fsp3) is 0.308. The number of carbonyl (C=O) groups excluding carboxylic acids is 1. The Kier molecular flexibility index (Phi) is 4.90. The van der Waals surface area contributed by atoms with E-state index in [0.717, 1.165) is 6.07 Å². The van der Waals surface area contributed by atoms with Gasteiger partial charge in [0.15, 0.2) is 5.69 Å². The summed E-state index contributed by atoms with van der Waals surface area (Å²) in [5.41, 5.74) is 5.44. The van der Waals surface area contributed by atoms with E-state index < -0.39 is 30.7 Å². The van der Waals surface area contributed by atoms with Crippen molar-refractivity contribution < 1.29 is 18.0 Å². The minimum absolute atomic E-state index is 0.119. The van der Waals surface area contributed by atoms with Gasteiger partial charge >= 0.3 is 0 Å². The van der Waals surface area contributed by atoms with Gasteiger partial charge in [-0.2, -0.15) is 0 Å². The molecular weight excluding hydrogens is 335 g/mol. The molecule has 0 aliphatic heterocycles. The molecule has 23 heavy (non-hydrogen) atoms. The monoisotopic (exact) mass is 347 g/mol. The molecule has 6 nitrogen and oxygen atoms in total. The van der Waals surface area contributed by atoms with E-state index in [2.05, 4.69) is 10.3 Å². The van der Waals surface area contributed by atoms with E-state index in [-0.39, 0.29) is 10.7 Å². The van der Waals surface area contributed by atoms with Crippen molar-refractivity contribution in [1.82, 2.24) is 20.3 Å². The fourth-order valence-corrected chi connectivity index (χ4v) is 1.94. The SMILES string of the molecule is Cc1c(C(=O)NCC(F)(F)CN)nnn1-c1ccc(F)c(Cl)c1. The van der Waals surface area contributed by atoms with Crippen molar-refractivity contribution in [2.45, 2.75) is 12.8 Å². The van der Waals surface area contributed by atoms with Crippen molar-refractivity contribution >= 4 is 17.5 Å². The predicted molar refractivity (Wildman–Crippen MR) is 77.4 cm³/mol. The summed E-state index contributed by atoms with van der Waals surface area (Å²) in [6.07, 6.45) is 0. The molecule has 0 atom stereocenters. The fourth-order valence-electron chi connectivity index (χ4n) is 1.77. The Bertz CT molecular complexity index is 734. The highest BCUT2D eigenvalue weighted by molar-refractivity contribution is 6.30. The van der Waals surface area contributed by atoms with E-state index in [0.29, 0.717) is 11.4 Å². The van der Waals surface area contributed by atoms with Gasteiger partial charge in [-0.3, -0.25) is 4.79 Å². The lowest BCUT2D eigenvalue weighted by Crippen LogP contribution is -2.41. The van der Waals surface area contributed by atoms with Crippen LogP contribution in [0.1, 0.15) is 16.2 Å². The molecule has 1 amide bonds. The summed E-state index contributed by atoms with van der Waals surface area (Å²) < 4.78 is 40.5. The maximum atomic E-state index is 13.2. The Balaban J connectivity index is 2.22. The number of nitrogens with two attached hydrogens (primary N) is 1. The lowest BCUT2D eigenvalue weighted by atomic mass is 10.2. The molecule has 0 aliphatic rings. The number of hydrogen-bond acceptors (Lipinski definition) is 4. The highest BCUT2D eigenvalue weighted by Crippen LogP contribution is 2.20. The molecule has 0 spiro atoms. The van der Waals surface area contributed by atoms with Crippen LogP contribution < -0.4 is 11.1 Å². The largest absolute Gasteiger partial charge is 0.344 e. The maximum absolute atomic E-state index is 13.2. The van der Waals surface area contributed by atoms with Crippen molar-refractivity contribution in [1.29, 1.82) is 0 Å². The van der Waals surface area contributed by atoms with Crippen LogP contribution in [0.3, 0.4) is 0 Å². The molecule has 0 fully saturated rings. The van der Waals surface area contributed by atoms with E-state index in [4.69, 9.17) is 17.3 Å². The summed E-state index contributed by atoms with van der Waals surface area (Å²) in [5.74, 6) is -4.62. The number of benzene rings is 1. The van der Waals surface area contributed by atoms with Crippen molar-refractivity contribution in [3.8, 4) is 5.69 Å². The van der Waals surface area contributed by atoms with Gasteiger partial charge in [-0.05, 0) is 25.1 Å². The molecule has 1 heterocycles. The van der Waals surface area contributed by atoms with Crippen LogP contribution in [-0.4, -0.2) is 39.9 Å². The number of nitrogens with zero attached hydrogens (tertiary/aromatic N) is 3. The number of hydrogen-bond donors (Lipinski definition) is 2. The standard InChI is InChI=1S/C13H13ClF3N5O/c1-7-11(12(23)19-6-13(16,17)5-18)20-21-22(7)8-2-3-10(15)9(14)4-8/h2-4H,5-6,18H2,1H3,(H,19,23). The first-order valence-corrected chi connectivity index (χ1v) is 6.87. The normalized spacial score (nSPS) is 11.6. The zero-order valence-corrected chi connectivity index (χ0v) is 12.7. The van der Waals surface area contributed by atoms with Gasteiger partial charge in [0.1, 0.15) is 5.82 Å². The van der Waals surface area contributed by atoms with Gasteiger partial charge in [-0.1, -0.05) is 16.8 Å². The Labute approximate surface area is 134 Å². The lowest BCUT2D eigenvalue weighted by Gasteiger charge is -2.13. The summed E-state index contributed by atoms with van der Waals surface area (Å²) in [4.78, 5) is 11.9. The predicted octanol–water partition coefficient (Wildman–Crippen LogP) is 1.69. The maximum Gasteiger partial charge on any atom is 0.277 e. The van der Waals surface area contributed by atoms with Crippen molar-refractivity contribution in [3.05, 3.63) is 40.4 Å². The second kappa shape index (κ2) is 6.55. The van der Waals surface area contributed by atoms with Crippen molar-refractivity contribution in [2.75, 3.05) is 13.1 Å². The van der Waals surface area contributed by atoms with Gasteiger partial charge in [-0.25, -0.2) is 17.9 Å².